The first-order valence-corrected chi connectivity index (χ1v) is 8.15. The highest BCUT2D eigenvalue weighted by Gasteiger charge is 2.11. The molecule has 4 nitrogen and oxygen atoms in total. The smallest absolute Gasteiger partial charge is 0.275 e. The molecule has 0 radical (unpaired) electrons. The highest BCUT2D eigenvalue weighted by Crippen LogP contribution is 2.18. The summed E-state index contributed by atoms with van der Waals surface area (Å²) < 4.78 is 5.62. The number of aromatic nitrogens is 1. The van der Waals surface area contributed by atoms with Crippen molar-refractivity contribution in [3.8, 4) is 5.75 Å². The average Bonchev–Trinajstić information content (AvgIpc) is 3.04. The zero-order valence-electron chi connectivity index (χ0n) is 12.0. The molecule has 0 bridgehead atoms. The van der Waals surface area contributed by atoms with Crippen LogP contribution in [0.15, 0.2) is 60.0 Å². The van der Waals surface area contributed by atoms with Crippen molar-refractivity contribution >= 4 is 34.5 Å². The highest BCUT2D eigenvalue weighted by molar-refractivity contribution is 7.09. The molecule has 3 rings (SSSR count). The Balaban J connectivity index is 1.59. The van der Waals surface area contributed by atoms with Crippen molar-refractivity contribution in [2.24, 2.45) is 0 Å². The van der Waals surface area contributed by atoms with Gasteiger partial charge in [0, 0.05) is 16.1 Å². The van der Waals surface area contributed by atoms with Crippen LogP contribution in [0.3, 0.4) is 0 Å². The number of nitrogens with one attached hydrogen (secondary N) is 1. The van der Waals surface area contributed by atoms with Crippen molar-refractivity contribution < 1.29 is 9.53 Å². The molecular weight excluding hydrogens is 332 g/mol. The number of anilines is 1. The van der Waals surface area contributed by atoms with E-state index in [1.807, 2.05) is 30.3 Å². The molecule has 0 spiro atoms. The molecule has 23 heavy (non-hydrogen) atoms. The summed E-state index contributed by atoms with van der Waals surface area (Å²) in [4.78, 5) is 16.4. The number of para-hydroxylation sites is 1. The van der Waals surface area contributed by atoms with Crippen LogP contribution in [0.1, 0.15) is 15.5 Å². The van der Waals surface area contributed by atoms with Crippen LogP contribution in [0.2, 0.25) is 5.02 Å². The Kier molecular flexibility index (Phi) is 4.90. The monoisotopic (exact) mass is 344 g/mol. The lowest BCUT2D eigenvalue weighted by molar-refractivity contribution is 0.102. The third-order valence-electron chi connectivity index (χ3n) is 2.99. The van der Waals surface area contributed by atoms with Gasteiger partial charge in [0.05, 0.1) is 0 Å². The number of amides is 1. The summed E-state index contributed by atoms with van der Waals surface area (Å²) in [5.41, 5.74) is 1.12. The number of halogens is 1. The van der Waals surface area contributed by atoms with Crippen molar-refractivity contribution in [1.82, 2.24) is 4.98 Å². The number of benzene rings is 2. The fourth-order valence-electron chi connectivity index (χ4n) is 1.87. The van der Waals surface area contributed by atoms with Crippen LogP contribution >= 0.6 is 22.9 Å². The molecule has 6 heteroatoms. The van der Waals surface area contributed by atoms with Gasteiger partial charge in [-0.3, -0.25) is 4.79 Å². The second-order valence-corrected chi connectivity index (χ2v) is 6.07. The van der Waals surface area contributed by atoms with Gasteiger partial charge in [-0.15, -0.1) is 11.3 Å². The van der Waals surface area contributed by atoms with E-state index in [1.165, 1.54) is 11.3 Å². The quantitative estimate of drug-likeness (QED) is 0.734. The molecule has 0 atom stereocenters. The number of rotatable bonds is 5. The molecular formula is C17H13ClN2O2S. The van der Waals surface area contributed by atoms with E-state index in [0.717, 1.165) is 10.7 Å². The predicted molar refractivity (Wildman–Crippen MR) is 92.3 cm³/mol. The number of hydrogen-bond donors (Lipinski definition) is 1. The number of hydrogen-bond acceptors (Lipinski definition) is 4. The Labute approximate surface area is 142 Å². The van der Waals surface area contributed by atoms with E-state index < -0.39 is 0 Å². The van der Waals surface area contributed by atoms with Crippen LogP contribution in [0.25, 0.3) is 0 Å². The van der Waals surface area contributed by atoms with E-state index in [0.29, 0.717) is 23.1 Å². The van der Waals surface area contributed by atoms with Gasteiger partial charge >= 0.3 is 0 Å². The minimum absolute atomic E-state index is 0.231. The summed E-state index contributed by atoms with van der Waals surface area (Å²) in [7, 11) is 0. The standard InChI is InChI=1S/C17H13ClN2O2S/c18-12-6-8-14(9-7-12)22-10-16-20-15(11-23-16)17(21)19-13-4-2-1-3-5-13/h1-9,11H,10H2,(H,19,21). The molecule has 2 aromatic carbocycles. The summed E-state index contributed by atoms with van der Waals surface area (Å²) in [6.45, 7) is 0.310. The SMILES string of the molecule is O=C(Nc1ccccc1)c1csc(COc2ccc(Cl)cc2)n1. The van der Waals surface area contributed by atoms with Gasteiger partial charge in [-0.25, -0.2) is 4.98 Å². The summed E-state index contributed by atoms with van der Waals surface area (Å²) >= 11 is 7.21. The average molecular weight is 345 g/mol. The molecule has 1 amide bonds. The number of ether oxygens (including phenoxy) is 1. The number of carbonyl (C=O) groups excluding carboxylic acids is 1. The van der Waals surface area contributed by atoms with Crippen LogP contribution in [0, 0.1) is 0 Å². The van der Waals surface area contributed by atoms with Gasteiger partial charge in [-0.2, -0.15) is 0 Å². The van der Waals surface area contributed by atoms with Gasteiger partial charge in [-0.05, 0) is 36.4 Å². The molecule has 0 aliphatic carbocycles. The Bertz CT molecular complexity index is 788. The van der Waals surface area contributed by atoms with E-state index in [2.05, 4.69) is 10.3 Å². The summed E-state index contributed by atoms with van der Waals surface area (Å²) in [6, 6.07) is 16.4. The van der Waals surface area contributed by atoms with E-state index in [-0.39, 0.29) is 5.91 Å². The first-order chi connectivity index (χ1) is 11.2. The summed E-state index contributed by atoms with van der Waals surface area (Å²) in [5, 5.41) is 5.92. The molecule has 1 heterocycles. The number of carbonyl (C=O) groups is 1. The second-order valence-electron chi connectivity index (χ2n) is 4.69. The van der Waals surface area contributed by atoms with E-state index >= 15 is 0 Å². The predicted octanol–water partition coefficient (Wildman–Crippen LogP) is 4.63. The van der Waals surface area contributed by atoms with Crippen molar-refractivity contribution in [2.75, 3.05) is 5.32 Å². The Morgan fingerprint density at radius 3 is 2.61 bits per heavy atom. The zero-order chi connectivity index (χ0) is 16.1. The van der Waals surface area contributed by atoms with Gasteiger partial charge in [0.2, 0.25) is 0 Å². The first-order valence-electron chi connectivity index (χ1n) is 6.90. The van der Waals surface area contributed by atoms with Crippen LogP contribution in [0.4, 0.5) is 5.69 Å². The van der Waals surface area contributed by atoms with E-state index in [4.69, 9.17) is 16.3 Å². The second kappa shape index (κ2) is 7.26. The van der Waals surface area contributed by atoms with Crippen molar-refractivity contribution in [3.63, 3.8) is 0 Å². The lowest BCUT2D eigenvalue weighted by atomic mass is 10.3. The van der Waals surface area contributed by atoms with Gasteiger partial charge in [0.1, 0.15) is 23.1 Å². The van der Waals surface area contributed by atoms with Gasteiger partial charge < -0.3 is 10.1 Å². The fourth-order valence-corrected chi connectivity index (χ4v) is 2.69. The number of thiazole rings is 1. The Morgan fingerprint density at radius 2 is 1.87 bits per heavy atom. The molecule has 0 aliphatic rings. The van der Waals surface area contributed by atoms with Gasteiger partial charge in [-0.1, -0.05) is 29.8 Å². The van der Waals surface area contributed by atoms with Gasteiger partial charge in [0.25, 0.3) is 5.91 Å². The Hall–Kier alpha value is -2.37. The van der Waals surface area contributed by atoms with Crippen LogP contribution in [-0.2, 0) is 6.61 Å². The molecule has 0 saturated carbocycles. The summed E-state index contributed by atoms with van der Waals surface area (Å²) in [6.07, 6.45) is 0. The molecule has 1 aromatic heterocycles. The lowest BCUT2D eigenvalue weighted by Gasteiger charge is -2.04. The number of nitrogens with zero attached hydrogens (tertiary/aromatic N) is 1. The molecule has 0 aliphatic heterocycles. The molecule has 3 aromatic rings. The molecule has 0 fully saturated rings. The maximum absolute atomic E-state index is 12.1. The van der Waals surface area contributed by atoms with E-state index in [1.54, 1.807) is 29.6 Å². The van der Waals surface area contributed by atoms with Gasteiger partial charge in [0.15, 0.2) is 0 Å². The maximum Gasteiger partial charge on any atom is 0.275 e. The van der Waals surface area contributed by atoms with Crippen molar-refractivity contribution in [1.29, 1.82) is 0 Å². The minimum Gasteiger partial charge on any atom is -0.486 e. The zero-order valence-corrected chi connectivity index (χ0v) is 13.6. The van der Waals surface area contributed by atoms with Crippen LogP contribution in [0.5, 0.6) is 5.75 Å². The van der Waals surface area contributed by atoms with Crippen LogP contribution < -0.4 is 10.1 Å². The molecule has 0 saturated heterocycles. The normalized spacial score (nSPS) is 10.3. The highest BCUT2D eigenvalue weighted by atomic mass is 35.5. The minimum atomic E-state index is -0.231. The summed E-state index contributed by atoms with van der Waals surface area (Å²) in [5.74, 6) is 0.477. The van der Waals surface area contributed by atoms with Crippen LogP contribution in [-0.4, -0.2) is 10.9 Å². The van der Waals surface area contributed by atoms with Crippen molar-refractivity contribution in [2.45, 2.75) is 6.61 Å². The van der Waals surface area contributed by atoms with Crippen molar-refractivity contribution in [3.05, 3.63) is 75.7 Å². The lowest BCUT2D eigenvalue weighted by Crippen LogP contribution is -2.12. The Morgan fingerprint density at radius 1 is 1.13 bits per heavy atom. The molecule has 1 N–H and O–H groups in total. The third kappa shape index (κ3) is 4.31. The molecule has 0 unspecified atom stereocenters. The van der Waals surface area contributed by atoms with E-state index in [9.17, 15) is 4.79 Å². The maximum atomic E-state index is 12.1. The molecule has 116 valence electrons. The third-order valence-corrected chi connectivity index (χ3v) is 4.07. The first kappa shape index (κ1) is 15.5. The largest absolute Gasteiger partial charge is 0.486 e. The fraction of sp³-hybridized carbons (Fsp3) is 0.0588. The topological polar surface area (TPSA) is 51.2 Å².